The first-order chi connectivity index (χ1) is 20.5. The molecule has 1 fully saturated rings. The van der Waals surface area contributed by atoms with Crippen molar-refractivity contribution in [3.63, 3.8) is 0 Å². The molecule has 0 radical (unpaired) electrons. The van der Waals surface area contributed by atoms with Crippen LogP contribution in [0.5, 0.6) is 5.75 Å². The minimum Gasteiger partial charge on any atom is -0.489 e. The number of nitrogens with one attached hydrogen (secondary N) is 1. The first kappa shape index (κ1) is 28.4. The summed E-state index contributed by atoms with van der Waals surface area (Å²) in [6, 6.07) is 25.2. The molecule has 3 aromatic carbocycles. The highest BCUT2D eigenvalue weighted by Crippen LogP contribution is 2.38. The Hall–Kier alpha value is -3.75. The number of benzene rings is 3. The largest absolute Gasteiger partial charge is 0.489 e. The topological polar surface area (TPSA) is 78.3 Å². The van der Waals surface area contributed by atoms with Crippen LogP contribution in [0.2, 0.25) is 5.02 Å². The molecule has 4 aromatic rings. The van der Waals surface area contributed by atoms with Gasteiger partial charge in [-0.25, -0.2) is 9.48 Å². The molecule has 2 aliphatic rings. The number of allylic oxidation sites excluding steroid dienone is 1. The number of nitrogens with zero attached hydrogens (tertiary/aromatic N) is 3. The summed E-state index contributed by atoms with van der Waals surface area (Å²) in [5.74, 6) is 1.77. The molecule has 1 aromatic heterocycles. The normalized spacial score (nSPS) is 17.0. The predicted molar refractivity (Wildman–Crippen MR) is 166 cm³/mol. The van der Waals surface area contributed by atoms with Crippen molar-refractivity contribution >= 4 is 35.3 Å². The molecule has 1 saturated carbocycles. The van der Waals surface area contributed by atoms with Gasteiger partial charge in [0.15, 0.2) is 0 Å². The fourth-order valence-corrected chi connectivity index (χ4v) is 6.29. The number of carbonyl (C=O) groups is 1. The molecule has 1 aliphatic carbocycles. The average molecular weight is 601 g/mol. The third-order valence-electron chi connectivity index (χ3n) is 7.60. The fraction of sp³-hybridized carbons (Fsp3) is 0.303. The lowest BCUT2D eigenvalue weighted by atomic mass is 9.95. The second kappa shape index (κ2) is 13.0. The Morgan fingerprint density at radius 1 is 0.976 bits per heavy atom. The Balaban J connectivity index is 1.26. The number of aromatic nitrogens is 3. The summed E-state index contributed by atoms with van der Waals surface area (Å²) < 4.78 is 13.9. The predicted octanol–water partition coefficient (Wildman–Crippen LogP) is 7.97. The van der Waals surface area contributed by atoms with Gasteiger partial charge in [0.05, 0.1) is 5.57 Å². The Kier molecular flexibility index (Phi) is 8.81. The van der Waals surface area contributed by atoms with Crippen molar-refractivity contribution in [2.24, 2.45) is 0 Å². The molecule has 216 valence electrons. The van der Waals surface area contributed by atoms with Gasteiger partial charge in [-0.05, 0) is 73.6 Å². The Bertz CT molecular complexity index is 1550. The zero-order valence-electron chi connectivity index (χ0n) is 23.5. The second-order valence-corrected chi connectivity index (χ2v) is 12.0. The SMILES string of the molecule is CC1=C(C(=O)OC2CCCCC2)C(c2ccc(OCc3ccc(Cl)cc3)cc2)n2nc(SCc3ccccc3)nc2N1. The van der Waals surface area contributed by atoms with Crippen LogP contribution in [0.15, 0.2) is 95.3 Å². The van der Waals surface area contributed by atoms with E-state index < -0.39 is 6.04 Å². The molecular formula is C33H33ClN4O3S. The zero-order valence-corrected chi connectivity index (χ0v) is 25.0. The molecule has 1 unspecified atom stereocenters. The lowest BCUT2D eigenvalue weighted by Gasteiger charge is -2.30. The van der Waals surface area contributed by atoms with Crippen molar-refractivity contribution in [1.82, 2.24) is 14.8 Å². The van der Waals surface area contributed by atoms with E-state index in [0.29, 0.717) is 28.3 Å². The lowest BCUT2D eigenvalue weighted by Crippen LogP contribution is -2.32. The van der Waals surface area contributed by atoms with Gasteiger partial charge in [0, 0.05) is 16.5 Å². The average Bonchev–Trinajstić information content (AvgIpc) is 3.43. The van der Waals surface area contributed by atoms with E-state index in [1.54, 1.807) is 16.4 Å². The molecule has 6 rings (SSSR count). The lowest BCUT2D eigenvalue weighted by molar-refractivity contribution is -0.146. The summed E-state index contributed by atoms with van der Waals surface area (Å²) in [4.78, 5) is 18.5. The van der Waals surface area contributed by atoms with Gasteiger partial charge in [-0.15, -0.1) is 5.10 Å². The van der Waals surface area contributed by atoms with Crippen LogP contribution < -0.4 is 10.1 Å². The Morgan fingerprint density at radius 2 is 1.71 bits per heavy atom. The zero-order chi connectivity index (χ0) is 28.9. The number of thioether (sulfide) groups is 1. The summed E-state index contributed by atoms with van der Waals surface area (Å²) >= 11 is 7.57. The summed E-state index contributed by atoms with van der Waals surface area (Å²) in [6.07, 6.45) is 5.13. The number of ether oxygens (including phenoxy) is 2. The maximum Gasteiger partial charge on any atom is 0.338 e. The van der Waals surface area contributed by atoms with E-state index in [0.717, 1.165) is 54.0 Å². The number of rotatable bonds is 9. The highest BCUT2D eigenvalue weighted by Gasteiger charge is 2.36. The van der Waals surface area contributed by atoms with Crippen molar-refractivity contribution < 1.29 is 14.3 Å². The fourth-order valence-electron chi connectivity index (χ4n) is 5.38. The number of carbonyl (C=O) groups excluding carboxylic acids is 1. The van der Waals surface area contributed by atoms with Crippen molar-refractivity contribution in [2.45, 2.75) is 68.7 Å². The van der Waals surface area contributed by atoms with E-state index in [4.69, 9.17) is 31.2 Å². The number of fused-ring (bicyclic) bond motifs is 1. The molecular weight excluding hydrogens is 568 g/mol. The van der Waals surface area contributed by atoms with E-state index in [1.165, 1.54) is 12.0 Å². The monoisotopic (exact) mass is 600 g/mol. The van der Waals surface area contributed by atoms with Crippen LogP contribution >= 0.6 is 23.4 Å². The third kappa shape index (κ3) is 6.66. The molecule has 42 heavy (non-hydrogen) atoms. The quantitative estimate of drug-likeness (QED) is 0.154. The minimum atomic E-state index is -0.485. The van der Waals surface area contributed by atoms with E-state index in [-0.39, 0.29) is 12.1 Å². The number of hydrogen-bond donors (Lipinski definition) is 1. The van der Waals surface area contributed by atoms with Crippen LogP contribution in [0, 0.1) is 0 Å². The van der Waals surface area contributed by atoms with Crippen molar-refractivity contribution in [2.75, 3.05) is 5.32 Å². The van der Waals surface area contributed by atoms with Crippen molar-refractivity contribution in [1.29, 1.82) is 0 Å². The molecule has 2 heterocycles. The van der Waals surface area contributed by atoms with Crippen LogP contribution in [-0.2, 0) is 21.9 Å². The third-order valence-corrected chi connectivity index (χ3v) is 8.77. The van der Waals surface area contributed by atoms with Crippen LogP contribution in [0.25, 0.3) is 0 Å². The van der Waals surface area contributed by atoms with Gasteiger partial charge in [-0.3, -0.25) is 0 Å². The minimum absolute atomic E-state index is 0.0509. The molecule has 1 atom stereocenters. The second-order valence-electron chi connectivity index (χ2n) is 10.7. The van der Waals surface area contributed by atoms with Gasteiger partial charge in [-0.1, -0.05) is 84.4 Å². The van der Waals surface area contributed by atoms with Gasteiger partial charge in [0.25, 0.3) is 0 Å². The van der Waals surface area contributed by atoms with Crippen LogP contribution in [0.3, 0.4) is 0 Å². The summed E-state index contributed by atoms with van der Waals surface area (Å²) in [5, 5.41) is 9.52. The maximum absolute atomic E-state index is 13.7. The van der Waals surface area contributed by atoms with Crippen LogP contribution in [0.1, 0.15) is 61.8 Å². The molecule has 0 saturated heterocycles. The first-order valence-electron chi connectivity index (χ1n) is 14.3. The van der Waals surface area contributed by atoms with Gasteiger partial charge >= 0.3 is 5.97 Å². The van der Waals surface area contributed by atoms with E-state index in [9.17, 15) is 4.79 Å². The van der Waals surface area contributed by atoms with E-state index in [2.05, 4.69) is 17.4 Å². The molecule has 1 aliphatic heterocycles. The van der Waals surface area contributed by atoms with E-state index in [1.807, 2.05) is 73.7 Å². The number of esters is 1. The Labute approximate surface area is 255 Å². The van der Waals surface area contributed by atoms with Crippen LogP contribution in [-0.4, -0.2) is 26.8 Å². The highest BCUT2D eigenvalue weighted by atomic mass is 35.5. The first-order valence-corrected chi connectivity index (χ1v) is 15.7. The molecule has 0 spiro atoms. The number of halogens is 1. The summed E-state index contributed by atoms with van der Waals surface area (Å²) in [7, 11) is 0. The maximum atomic E-state index is 13.7. The number of anilines is 1. The Morgan fingerprint density at radius 3 is 2.45 bits per heavy atom. The van der Waals surface area contributed by atoms with Gasteiger partial charge in [0.2, 0.25) is 11.1 Å². The summed E-state index contributed by atoms with van der Waals surface area (Å²) in [6.45, 7) is 2.33. The van der Waals surface area contributed by atoms with E-state index >= 15 is 0 Å². The van der Waals surface area contributed by atoms with Gasteiger partial charge in [0.1, 0.15) is 24.5 Å². The number of hydrogen-bond acceptors (Lipinski definition) is 7. The molecule has 7 nitrogen and oxygen atoms in total. The van der Waals surface area contributed by atoms with Gasteiger partial charge in [-0.2, -0.15) is 4.98 Å². The molecule has 1 N–H and O–H groups in total. The molecule has 0 bridgehead atoms. The smallest absolute Gasteiger partial charge is 0.338 e. The molecule has 0 amide bonds. The highest BCUT2D eigenvalue weighted by molar-refractivity contribution is 7.98. The van der Waals surface area contributed by atoms with Crippen LogP contribution in [0.4, 0.5) is 5.95 Å². The summed E-state index contributed by atoms with van der Waals surface area (Å²) in [5.41, 5.74) is 4.40. The van der Waals surface area contributed by atoms with Crippen molar-refractivity contribution in [3.05, 3.63) is 112 Å². The van der Waals surface area contributed by atoms with Crippen molar-refractivity contribution in [3.8, 4) is 5.75 Å². The molecule has 9 heteroatoms. The standard InChI is InChI=1S/C33H33ClN4O3S/c1-22-29(31(39)41-28-10-6-3-7-11-28)30(25-14-18-27(19-15-25)40-20-23-12-16-26(34)17-13-23)38-32(35-22)36-33(37-38)42-21-24-8-4-2-5-9-24/h2,4-5,8-9,12-19,28,30H,3,6-7,10-11,20-21H2,1H3,(H,35,36,37). The van der Waals surface area contributed by atoms with Gasteiger partial charge < -0.3 is 14.8 Å².